The van der Waals surface area contributed by atoms with Crippen molar-refractivity contribution in [2.45, 2.75) is 25.0 Å². The van der Waals surface area contributed by atoms with Gasteiger partial charge >= 0.3 is 0 Å². The van der Waals surface area contributed by atoms with Crippen LogP contribution in [0.3, 0.4) is 0 Å². The summed E-state index contributed by atoms with van der Waals surface area (Å²) in [7, 11) is 0. The van der Waals surface area contributed by atoms with Gasteiger partial charge in [-0.2, -0.15) is 0 Å². The number of ether oxygens (including phenoxy) is 2. The van der Waals surface area contributed by atoms with Crippen molar-refractivity contribution in [3.8, 4) is 11.5 Å². The first kappa shape index (κ1) is 15.4. The summed E-state index contributed by atoms with van der Waals surface area (Å²) >= 11 is 6.22. The Morgan fingerprint density at radius 1 is 1.41 bits per heavy atom. The monoisotopic (exact) mass is 326 g/mol. The largest absolute Gasteiger partial charge is 0.486 e. The van der Waals surface area contributed by atoms with Crippen LogP contribution in [0.25, 0.3) is 0 Å². The van der Waals surface area contributed by atoms with Crippen molar-refractivity contribution in [2.24, 2.45) is 5.73 Å². The van der Waals surface area contributed by atoms with Crippen molar-refractivity contribution in [1.82, 2.24) is 4.90 Å². The number of amides is 1. The van der Waals surface area contributed by atoms with E-state index in [4.69, 9.17) is 26.8 Å². The fraction of sp³-hybridized carbons (Fsp3) is 0.533. The van der Waals surface area contributed by atoms with Gasteiger partial charge in [-0.1, -0.05) is 11.6 Å². The molecule has 0 aromatic heterocycles. The first-order valence-corrected chi connectivity index (χ1v) is 7.68. The molecule has 0 bridgehead atoms. The minimum Gasteiger partial charge on any atom is -0.486 e. The van der Waals surface area contributed by atoms with Gasteiger partial charge < -0.3 is 20.3 Å². The van der Waals surface area contributed by atoms with Crippen LogP contribution >= 0.6 is 11.6 Å². The van der Waals surface area contributed by atoms with Crippen LogP contribution in [0.5, 0.6) is 11.5 Å². The molecule has 0 spiro atoms. The highest BCUT2D eigenvalue weighted by Crippen LogP contribution is 2.38. The van der Waals surface area contributed by atoms with Crippen LogP contribution in [-0.4, -0.2) is 47.8 Å². The maximum Gasteiger partial charge on any atom is 0.250 e. The van der Waals surface area contributed by atoms with Crippen molar-refractivity contribution in [3.05, 3.63) is 22.7 Å². The van der Waals surface area contributed by atoms with Crippen LogP contribution in [0.15, 0.2) is 12.1 Å². The molecule has 120 valence electrons. The summed E-state index contributed by atoms with van der Waals surface area (Å²) in [6.45, 7) is 2.57. The summed E-state index contributed by atoms with van der Waals surface area (Å²) in [5.74, 6) is 0.539. The molecule has 1 atom stereocenters. The lowest BCUT2D eigenvalue weighted by atomic mass is 9.92. The maximum atomic E-state index is 11.4. The van der Waals surface area contributed by atoms with E-state index in [2.05, 4.69) is 0 Å². The molecular weight excluding hydrogens is 308 g/mol. The number of nitrogens with two attached hydrogens (primary N) is 1. The van der Waals surface area contributed by atoms with E-state index < -0.39 is 11.5 Å². The van der Waals surface area contributed by atoms with Gasteiger partial charge in [-0.05, 0) is 37.1 Å². The number of hydrogen-bond donors (Lipinski definition) is 2. The number of rotatable bonds is 3. The number of carbonyl (C=O) groups is 1. The van der Waals surface area contributed by atoms with Crippen LogP contribution in [0.2, 0.25) is 5.02 Å². The SMILES string of the molecule is NC(=O)C1(O)CCCN(Cc2cc(Cl)c3c(c2)OCCO3)C1. The number of carbonyl (C=O) groups excluding carboxylic acids is 1. The van der Waals surface area contributed by atoms with Gasteiger partial charge in [0.15, 0.2) is 17.1 Å². The fourth-order valence-electron chi connectivity index (χ4n) is 2.97. The number of halogens is 1. The van der Waals surface area contributed by atoms with Gasteiger partial charge in [0.2, 0.25) is 0 Å². The second kappa shape index (κ2) is 5.95. The van der Waals surface area contributed by atoms with E-state index in [0.717, 1.165) is 18.5 Å². The summed E-state index contributed by atoms with van der Waals surface area (Å²) in [5.41, 5.74) is 4.80. The van der Waals surface area contributed by atoms with Gasteiger partial charge in [0.05, 0.1) is 5.02 Å². The molecule has 0 saturated carbocycles. The molecule has 1 amide bonds. The molecule has 1 unspecified atom stereocenters. The Balaban J connectivity index is 1.76. The molecule has 6 nitrogen and oxygen atoms in total. The van der Waals surface area contributed by atoms with Gasteiger partial charge in [0.1, 0.15) is 13.2 Å². The first-order valence-electron chi connectivity index (χ1n) is 7.31. The molecule has 1 aromatic rings. The second-order valence-corrected chi connectivity index (χ2v) is 6.22. The first-order chi connectivity index (χ1) is 10.5. The molecule has 1 fully saturated rings. The molecule has 3 N–H and O–H groups in total. The Bertz CT molecular complexity index is 595. The number of aliphatic hydroxyl groups is 1. The summed E-state index contributed by atoms with van der Waals surface area (Å²) < 4.78 is 11.1. The van der Waals surface area contributed by atoms with Crippen molar-refractivity contribution in [3.63, 3.8) is 0 Å². The molecular formula is C15H19ClN2O4. The van der Waals surface area contributed by atoms with Crippen LogP contribution < -0.4 is 15.2 Å². The van der Waals surface area contributed by atoms with E-state index >= 15 is 0 Å². The molecule has 2 aliphatic heterocycles. The number of fused-ring (bicyclic) bond motifs is 1. The lowest BCUT2D eigenvalue weighted by molar-refractivity contribution is -0.142. The lowest BCUT2D eigenvalue weighted by Crippen LogP contribution is -2.55. The van der Waals surface area contributed by atoms with Gasteiger partial charge in [-0.25, -0.2) is 0 Å². The number of benzene rings is 1. The molecule has 22 heavy (non-hydrogen) atoms. The topological polar surface area (TPSA) is 85.0 Å². The van der Waals surface area contributed by atoms with Crippen LogP contribution in [-0.2, 0) is 11.3 Å². The van der Waals surface area contributed by atoms with Crippen LogP contribution in [0.1, 0.15) is 18.4 Å². The smallest absolute Gasteiger partial charge is 0.250 e. The summed E-state index contributed by atoms with van der Waals surface area (Å²) in [6.07, 6.45) is 1.12. The highest BCUT2D eigenvalue weighted by atomic mass is 35.5. The number of piperidine rings is 1. The van der Waals surface area contributed by atoms with Crippen LogP contribution in [0.4, 0.5) is 0 Å². The van der Waals surface area contributed by atoms with Crippen molar-refractivity contribution in [2.75, 3.05) is 26.3 Å². The number of primary amides is 1. The Labute approximate surface area is 133 Å². The van der Waals surface area contributed by atoms with Gasteiger partial charge in [-0.15, -0.1) is 0 Å². The molecule has 0 radical (unpaired) electrons. The Hall–Kier alpha value is -1.50. The molecule has 1 saturated heterocycles. The van der Waals surface area contributed by atoms with E-state index in [0.29, 0.717) is 42.7 Å². The van der Waals surface area contributed by atoms with Gasteiger partial charge in [-0.3, -0.25) is 9.69 Å². The molecule has 7 heteroatoms. The third kappa shape index (κ3) is 2.99. The van der Waals surface area contributed by atoms with E-state index in [1.54, 1.807) is 0 Å². The molecule has 2 aliphatic rings. The highest BCUT2D eigenvalue weighted by Gasteiger charge is 2.38. The van der Waals surface area contributed by atoms with Gasteiger partial charge in [0, 0.05) is 13.1 Å². The summed E-state index contributed by atoms with van der Waals surface area (Å²) in [5, 5.41) is 10.8. The number of nitrogens with zero attached hydrogens (tertiary/aromatic N) is 1. The normalized spacial score (nSPS) is 25.0. The molecule has 1 aromatic carbocycles. The predicted octanol–water partition coefficient (Wildman–Crippen LogP) is 0.923. The van der Waals surface area contributed by atoms with E-state index in [-0.39, 0.29) is 6.54 Å². The zero-order valence-electron chi connectivity index (χ0n) is 12.2. The Morgan fingerprint density at radius 3 is 2.95 bits per heavy atom. The third-order valence-corrected chi connectivity index (χ3v) is 4.35. The number of hydrogen-bond acceptors (Lipinski definition) is 5. The predicted molar refractivity (Wildman–Crippen MR) is 81.1 cm³/mol. The average molecular weight is 327 g/mol. The zero-order chi connectivity index (χ0) is 15.7. The quantitative estimate of drug-likeness (QED) is 0.863. The van der Waals surface area contributed by atoms with Gasteiger partial charge in [0.25, 0.3) is 5.91 Å². The standard InChI is InChI=1S/C15H19ClN2O4/c16-11-6-10(7-12-13(11)22-5-4-21-12)8-18-3-1-2-15(20,9-18)14(17)19/h6-7,20H,1-5,8-9H2,(H2,17,19). The zero-order valence-corrected chi connectivity index (χ0v) is 12.9. The van der Waals surface area contributed by atoms with Crippen molar-refractivity contribution in [1.29, 1.82) is 0 Å². The maximum absolute atomic E-state index is 11.4. The van der Waals surface area contributed by atoms with Crippen LogP contribution in [0, 0.1) is 0 Å². The molecule has 3 rings (SSSR count). The minimum absolute atomic E-state index is 0.231. The third-order valence-electron chi connectivity index (χ3n) is 4.07. The van der Waals surface area contributed by atoms with E-state index in [1.165, 1.54) is 0 Å². The Morgan fingerprint density at radius 2 is 2.18 bits per heavy atom. The van der Waals surface area contributed by atoms with Crippen molar-refractivity contribution < 1.29 is 19.4 Å². The molecule has 2 heterocycles. The average Bonchev–Trinajstić information content (AvgIpc) is 2.47. The molecule has 0 aliphatic carbocycles. The van der Waals surface area contributed by atoms with E-state index in [9.17, 15) is 9.90 Å². The second-order valence-electron chi connectivity index (χ2n) is 5.81. The Kier molecular flexibility index (Phi) is 4.16. The lowest BCUT2D eigenvalue weighted by Gasteiger charge is -2.37. The van der Waals surface area contributed by atoms with E-state index in [1.807, 2.05) is 17.0 Å². The summed E-state index contributed by atoms with van der Waals surface area (Å²) in [6, 6.07) is 3.71. The minimum atomic E-state index is -1.45. The number of β-amino-alcohol motifs (C(OH)–C–C–N with tert-alkyl or cyclic N) is 1. The summed E-state index contributed by atoms with van der Waals surface area (Å²) in [4.78, 5) is 13.4. The highest BCUT2D eigenvalue weighted by molar-refractivity contribution is 6.32. The fourth-order valence-corrected chi connectivity index (χ4v) is 3.26. The van der Waals surface area contributed by atoms with Crippen molar-refractivity contribution >= 4 is 17.5 Å². The number of likely N-dealkylation sites (tertiary alicyclic amines) is 1.